The minimum atomic E-state index is -0.645. The summed E-state index contributed by atoms with van der Waals surface area (Å²) in [5.41, 5.74) is 45.5. The summed E-state index contributed by atoms with van der Waals surface area (Å²) in [7, 11) is 0. The van der Waals surface area contributed by atoms with Crippen molar-refractivity contribution in [3.8, 4) is 94.7 Å². The molecule has 0 spiro atoms. The lowest BCUT2D eigenvalue weighted by Crippen LogP contribution is -2.61. The molecule has 0 bridgehead atoms. The minimum absolute atomic E-state index is 0.0966. The zero-order valence-electron chi connectivity index (χ0n) is 79.5. The molecule has 654 valence electrons. The summed E-state index contributed by atoms with van der Waals surface area (Å²) in [6.45, 7) is 27.5. The van der Waals surface area contributed by atoms with Crippen molar-refractivity contribution in [2.45, 2.75) is 116 Å². The summed E-state index contributed by atoms with van der Waals surface area (Å²) in [5.74, 6) is 0. The van der Waals surface area contributed by atoms with E-state index < -0.39 is 17.5 Å². The Hall–Kier alpha value is -15.4. The minimum Gasteiger partial charge on any atom is -0.310 e. The maximum absolute atomic E-state index is 2.76. The van der Waals surface area contributed by atoms with Crippen LogP contribution in [0.2, 0.25) is 0 Å². The monoisotopic (exact) mass is 1750 g/mol. The highest BCUT2D eigenvalue weighted by molar-refractivity contribution is 7.00. The summed E-state index contributed by atoms with van der Waals surface area (Å²) in [6.07, 6.45) is 0. The van der Waals surface area contributed by atoms with E-state index >= 15 is 0 Å². The molecule has 0 atom stereocenters. The maximum Gasteiger partial charge on any atom is 0.252 e. The van der Waals surface area contributed by atoms with E-state index in [0.29, 0.717) is 0 Å². The third-order valence-electron chi connectivity index (χ3n) is 30.2. The second kappa shape index (κ2) is 31.7. The molecule has 20 aromatic rings. The van der Waals surface area contributed by atoms with Gasteiger partial charge in [0.1, 0.15) is 0 Å². The first-order chi connectivity index (χ1) is 66.0. The van der Waals surface area contributed by atoms with Gasteiger partial charge in [-0.05, 0) is 208 Å². The Labute approximate surface area is 801 Å². The van der Waals surface area contributed by atoms with Crippen molar-refractivity contribution in [1.29, 1.82) is 0 Å². The molecule has 3 nitrogen and oxygen atoms in total. The molecule has 1 aromatic heterocycles. The van der Waals surface area contributed by atoms with Gasteiger partial charge in [0.15, 0.2) is 0 Å². The van der Waals surface area contributed by atoms with Gasteiger partial charge in [-0.3, -0.25) is 0 Å². The zero-order valence-corrected chi connectivity index (χ0v) is 79.5. The molecular weight excluding hydrogens is 1640 g/mol. The number of benzene rings is 19. The van der Waals surface area contributed by atoms with Gasteiger partial charge < -0.3 is 14.4 Å². The van der Waals surface area contributed by atoms with Gasteiger partial charge in [0.05, 0.1) is 38.9 Å². The Morgan fingerprint density at radius 3 is 0.801 bits per heavy atom. The molecular formula is C132H108BN3. The van der Waals surface area contributed by atoms with Gasteiger partial charge in [-0.1, -0.05) is 483 Å². The van der Waals surface area contributed by atoms with Crippen LogP contribution in [0.25, 0.3) is 117 Å². The topological polar surface area (TPSA) is 11.4 Å². The molecule has 0 saturated heterocycles. The lowest BCUT2D eigenvalue weighted by Gasteiger charge is -2.46. The highest BCUT2D eigenvalue weighted by atomic mass is 15.2. The quantitative estimate of drug-likeness (QED) is 0.107. The van der Waals surface area contributed by atoms with Crippen LogP contribution < -0.4 is 26.2 Å². The van der Waals surface area contributed by atoms with Crippen molar-refractivity contribution in [2.75, 3.05) is 9.80 Å². The Morgan fingerprint density at radius 2 is 0.478 bits per heavy atom. The molecule has 0 amide bonds. The average molecular weight is 1750 g/mol. The van der Waals surface area contributed by atoms with E-state index in [4.69, 9.17) is 0 Å². The number of fused-ring (bicyclic) bond motifs is 13. The number of para-hydroxylation sites is 4. The van der Waals surface area contributed by atoms with Gasteiger partial charge >= 0.3 is 0 Å². The van der Waals surface area contributed by atoms with Gasteiger partial charge in [0.2, 0.25) is 0 Å². The fourth-order valence-electron chi connectivity index (χ4n) is 23.7. The van der Waals surface area contributed by atoms with Crippen molar-refractivity contribution >= 4 is 79.0 Å². The van der Waals surface area contributed by atoms with Gasteiger partial charge in [0.25, 0.3) is 6.71 Å². The molecule has 0 fully saturated rings. The van der Waals surface area contributed by atoms with E-state index in [-0.39, 0.29) is 21.7 Å². The number of aromatic nitrogens is 1. The third-order valence-corrected chi connectivity index (χ3v) is 30.2. The maximum atomic E-state index is 2.76. The van der Waals surface area contributed by atoms with Gasteiger partial charge in [0, 0.05) is 55.8 Å². The van der Waals surface area contributed by atoms with Gasteiger partial charge in [-0.15, -0.1) is 0 Å². The normalized spacial score (nSPS) is 13.8. The predicted molar refractivity (Wildman–Crippen MR) is 577 cm³/mol. The summed E-state index contributed by atoms with van der Waals surface area (Å²) in [6, 6.07) is 169. The second-order valence-corrected chi connectivity index (χ2v) is 42.1. The van der Waals surface area contributed by atoms with Crippen LogP contribution in [-0.4, -0.2) is 11.3 Å². The fourth-order valence-corrected chi connectivity index (χ4v) is 23.7. The van der Waals surface area contributed by atoms with Crippen LogP contribution in [-0.2, 0) is 32.5 Å². The average Bonchev–Trinajstić information content (AvgIpc) is 1.25. The Balaban J connectivity index is 0.879. The highest BCUT2D eigenvalue weighted by Crippen LogP contribution is 2.63. The van der Waals surface area contributed by atoms with Crippen LogP contribution in [0, 0.1) is 0 Å². The zero-order chi connectivity index (χ0) is 92.5. The van der Waals surface area contributed by atoms with Gasteiger partial charge in [-0.25, -0.2) is 0 Å². The standard InChI is InChI=1S/C132H108BN3/c1-127(2,3)91-71-61-85(62-72-91)102-51-33-52-103(86-63-73-92(74-64-86)128(4,5)6)125(102)135-118-79-69-89(100-49-35-57-112-122(100)108-47-25-29-55-110(108)131(112,95-37-17-13-18-38-95)96-39-19-14-20-40-96)81-114(118)133-115-82-90(101-50-36-58-113-123(101)109-48-26-30-56-111(109)132(113,97-41-21-15-22-42-97)98-43-23-16-24-44-98)70-80-119(115)136(121-84-99(83-120(135)124(121)133)134-116-59-31-27-45-106(116)107-46-28-32-60-117(107)134)126-104(87-65-75-93(76-66-87)129(7,8)9)53-34-54-105(126)88-67-77-94(78-68-88)130(10,11)12/h13-84H,1-12H3. The largest absolute Gasteiger partial charge is 0.310 e. The molecule has 24 rings (SSSR count). The molecule has 0 unspecified atom stereocenters. The first kappa shape index (κ1) is 83.7. The van der Waals surface area contributed by atoms with Crippen molar-refractivity contribution in [1.82, 2.24) is 4.57 Å². The van der Waals surface area contributed by atoms with E-state index in [9.17, 15) is 0 Å². The first-order valence-corrected chi connectivity index (χ1v) is 48.5. The first-order valence-electron chi connectivity index (χ1n) is 48.5. The molecule has 0 saturated carbocycles. The van der Waals surface area contributed by atoms with E-state index in [1.165, 1.54) is 127 Å². The Morgan fingerprint density at radius 1 is 0.213 bits per heavy atom. The molecule has 136 heavy (non-hydrogen) atoms. The number of rotatable bonds is 13. The highest BCUT2D eigenvalue weighted by Gasteiger charge is 2.51. The summed E-state index contributed by atoms with van der Waals surface area (Å²) < 4.78 is 2.58. The molecule has 4 aliphatic rings. The lowest BCUT2D eigenvalue weighted by molar-refractivity contribution is 0.590. The van der Waals surface area contributed by atoms with E-state index in [1.54, 1.807) is 0 Å². The molecule has 3 heterocycles. The van der Waals surface area contributed by atoms with Crippen LogP contribution in [0.3, 0.4) is 0 Å². The van der Waals surface area contributed by atoms with E-state index in [0.717, 1.165) is 106 Å². The second-order valence-electron chi connectivity index (χ2n) is 42.1. The lowest BCUT2D eigenvalue weighted by atomic mass is 9.33. The summed E-state index contributed by atoms with van der Waals surface area (Å²) in [5, 5.41) is 2.39. The summed E-state index contributed by atoms with van der Waals surface area (Å²) in [4.78, 5) is 5.52. The molecule has 19 aromatic carbocycles. The van der Waals surface area contributed by atoms with Crippen LogP contribution in [0.1, 0.15) is 150 Å². The molecule has 2 aliphatic carbocycles. The molecule has 0 radical (unpaired) electrons. The predicted octanol–water partition coefficient (Wildman–Crippen LogP) is 32.8. The number of hydrogen-bond acceptors (Lipinski definition) is 2. The van der Waals surface area contributed by atoms with E-state index in [1.807, 2.05) is 0 Å². The Bertz CT molecular complexity index is 7430. The van der Waals surface area contributed by atoms with Crippen molar-refractivity contribution in [2.24, 2.45) is 0 Å². The number of nitrogens with zero attached hydrogens (tertiary/aromatic N) is 3. The van der Waals surface area contributed by atoms with Crippen LogP contribution in [0.15, 0.2) is 437 Å². The number of anilines is 6. The summed E-state index contributed by atoms with van der Waals surface area (Å²) >= 11 is 0. The van der Waals surface area contributed by atoms with Crippen molar-refractivity contribution < 1.29 is 0 Å². The van der Waals surface area contributed by atoms with Crippen LogP contribution in [0.5, 0.6) is 0 Å². The fraction of sp³-hybridized carbons (Fsp3) is 0.136. The van der Waals surface area contributed by atoms with Crippen molar-refractivity contribution in [3.63, 3.8) is 0 Å². The smallest absolute Gasteiger partial charge is 0.252 e. The molecule has 4 heteroatoms. The SMILES string of the molecule is CC(C)(C)c1ccc(-c2cccc(-c3ccc(C(C)(C)C)cc3)c2N2c3ccc(-c4cccc5c4-c4ccccc4C5(c4ccccc4)c4ccccc4)cc3B3c4cc(-c5cccc6c5-c5ccccc5C6(c5ccccc5)c5ccccc5)ccc4N(c4c(-c5ccc(C(C)(C)C)cc5)cccc4-c4ccc(C(C)(C)C)cc4)c4cc(-n5c6ccccc6c6ccccc65)cc2c43)cc1. The van der Waals surface area contributed by atoms with E-state index in [2.05, 4.69) is 534 Å². The van der Waals surface area contributed by atoms with Crippen LogP contribution in [0.4, 0.5) is 34.1 Å². The molecule has 2 aliphatic heterocycles. The van der Waals surface area contributed by atoms with Crippen LogP contribution >= 0.6 is 0 Å². The third kappa shape index (κ3) is 13.1. The molecule has 0 N–H and O–H groups in total. The van der Waals surface area contributed by atoms with Gasteiger partial charge in [-0.2, -0.15) is 0 Å². The number of hydrogen-bond donors (Lipinski definition) is 0. The van der Waals surface area contributed by atoms with Crippen molar-refractivity contribution in [3.05, 3.63) is 504 Å². The Kier molecular flexibility index (Phi) is 19.5.